The standard InChI is InChI=1S/C14H13N5O2/c1-9(10-3-2-6-15-8-10)16-14-17-12-5-4-11(19(20)21)7-13(12)18-14/h2-9H,1H3,(H2,16,17,18). The van der Waals surface area contributed by atoms with E-state index in [2.05, 4.69) is 20.3 Å². The van der Waals surface area contributed by atoms with Crippen LogP contribution in [-0.2, 0) is 0 Å². The van der Waals surface area contributed by atoms with Crippen LogP contribution in [0.5, 0.6) is 0 Å². The number of nitro groups is 1. The van der Waals surface area contributed by atoms with Crippen LogP contribution in [0.1, 0.15) is 18.5 Å². The molecular formula is C14H13N5O2. The topological polar surface area (TPSA) is 96.7 Å². The van der Waals surface area contributed by atoms with Crippen molar-refractivity contribution in [3.8, 4) is 0 Å². The van der Waals surface area contributed by atoms with Crippen LogP contribution in [0.25, 0.3) is 11.0 Å². The van der Waals surface area contributed by atoms with Gasteiger partial charge in [-0.15, -0.1) is 0 Å². The lowest BCUT2D eigenvalue weighted by molar-refractivity contribution is -0.384. The Labute approximate surface area is 120 Å². The third-order valence-electron chi connectivity index (χ3n) is 3.21. The molecule has 106 valence electrons. The quantitative estimate of drug-likeness (QED) is 0.566. The molecule has 7 nitrogen and oxygen atoms in total. The molecule has 0 aliphatic heterocycles. The van der Waals surface area contributed by atoms with Gasteiger partial charge in [-0.25, -0.2) is 4.98 Å². The van der Waals surface area contributed by atoms with E-state index in [0.29, 0.717) is 17.0 Å². The van der Waals surface area contributed by atoms with E-state index in [1.54, 1.807) is 18.5 Å². The van der Waals surface area contributed by atoms with Crippen LogP contribution in [0.15, 0.2) is 42.7 Å². The summed E-state index contributed by atoms with van der Waals surface area (Å²) in [5.41, 5.74) is 2.38. The van der Waals surface area contributed by atoms with Crippen molar-refractivity contribution < 1.29 is 4.92 Å². The van der Waals surface area contributed by atoms with Gasteiger partial charge in [0.1, 0.15) is 0 Å². The number of fused-ring (bicyclic) bond motifs is 1. The van der Waals surface area contributed by atoms with Crippen LogP contribution in [0, 0.1) is 10.1 Å². The molecule has 0 bridgehead atoms. The Hall–Kier alpha value is -2.96. The summed E-state index contributed by atoms with van der Waals surface area (Å²) in [5.74, 6) is 0.571. The molecule has 0 amide bonds. The molecule has 21 heavy (non-hydrogen) atoms. The number of pyridine rings is 1. The molecule has 0 spiro atoms. The molecule has 7 heteroatoms. The Morgan fingerprint density at radius 3 is 2.95 bits per heavy atom. The summed E-state index contributed by atoms with van der Waals surface area (Å²) in [6.07, 6.45) is 3.50. The first-order valence-corrected chi connectivity index (χ1v) is 6.44. The molecule has 2 heterocycles. The Kier molecular flexibility index (Phi) is 3.23. The number of H-pyrrole nitrogens is 1. The molecule has 2 aromatic heterocycles. The molecule has 0 radical (unpaired) electrons. The number of benzene rings is 1. The highest BCUT2D eigenvalue weighted by atomic mass is 16.6. The van der Waals surface area contributed by atoms with E-state index < -0.39 is 4.92 Å². The van der Waals surface area contributed by atoms with E-state index in [9.17, 15) is 10.1 Å². The third-order valence-corrected chi connectivity index (χ3v) is 3.21. The average molecular weight is 283 g/mol. The van der Waals surface area contributed by atoms with E-state index in [0.717, 1.165) is 5.56 Å². The number of nitro benzene ring substituents is 1. The number of non-ortho nitro benzene ring substituents is 1. The molecule has 0 aliphatic rings. The summed E-state index contributed by atoms with van der Waals surface area (Å²) in [4.78, 5) is 21.8. The number of aromatic nitrogens is 3. The van der Waals surface area contributed by atoms with Crippen molar-refractivity contribution >= 4 is 22.7 Å². The van der Waals surface area contributed by atoms with Gasteiger partial charge in [0.05, 0.1) is 22.0 Å². The van der Waals surface area contributed by atoms with Crippen LogP contribution >= 0.6 is 0 Å². The van der Waals surface area contributed by atoms with Crippen LogP contribution in [0.3, 0.4) is 0 Å². The van der Waals surface area contributed by atoms with E-state index in [-0.39, 0.29) is 11.7 Å². The molecule has 0 saturated heterocycles. The number of nitrogens with zero attached hydrogens (tertiary/aromatic N) is 3. The number of imidazole rings is 1. The summed E-state index contributed by atoms with van der Waals surface area (Å²) < 4.78 is 0. The molecule has 0 saturated carbocycles. The normalized spacial score (nSPS) is 12.2. The summed E-state index contributed by atoms with van der Waals surface area (Å²) in [6.45, 7) is 1.99. The first kappa shape index (κ1) is 13.0. The van der Waals surface area contributed by atoms with Crippen molar-refractivity contribution in [1.29, 1.82) is 0 Å². The van der Waals surface area contributed by atoms with Gasteiger partial charge in [0.25, 0.3) is 5.69 Å². The van der Waals surface area contributed by atoms with Crippen molar-refractivity contribution in [3.05, 3.63) is 58.4 Å². The molecule has 1 unspecified atom stereocenters. The highest BCUT2D eigenvalue weighted by Crippen LogP contribution is 2.22. The Morgan fingerprint density at radius 1 is 1.38 bits per heavy atom. The van der Waals surface area contributed by atoms with E-state index in [4.69, 9.17) is 0 Å². The molecule has 0 aliphatic carbocycles. The fourth-order valence-electron chi connectivity index (χ4n) is 2.10. The smallest absolute Gasteiger partial charge is 0.271 e. The van der Waals surface area contributed by atoms with Crippen molar-refractivity contribution in [3.63, 3.8) is 0 Å². The lowest BCUT2D eigenvalue weighted by atomic mass is 10.1. The Morgan fingerprint density at radius 2 is 2.24 bits per heavy atom. The predicted molar refractivity (Wildman–Crippen MR) is 79.0 cm³/mol. The van der Waals surface area contributed by atoms with Gasteiger partial charge in [-0.1, -0.05) is 6.07 Å². The van der Waals surface area contributed by atoms with Gasteiger partial charge in [-0.3, -0.25) is 15.1 Å². The highest BCUT2D eigenvalue weighted by molar-refractivity contribution is 5.79. The summed E-state index contributed by atoms with van der Waals surface area (Å²) in [5, 5.41) is 14.0. The second-order valence-corrected chi connectivity index (χ2v) is 4.70. The number of hydrogen-bond donors (Lipinski definition) is 2. The lowest BCUT2D eigenvalue weighted by Crippen LogP contribution is -2.07. The monoisotopic (exact) mass is 283 g/mol. The van der Waals surface area contributed by atoms with Gasteiger partial charge in [0.2, 0.25) is 5.95 Å². The minimum Gasteiger partial charge on any atom is -0.349 e. The second-order valence-electron chi connectivity index (χ2n) is 4.70. The SMILES string of the molecule is CC(Nc1nc2ccc([N+](=O)[O-])cc2[nH]1)c1cccnc1. The van der Waals surface area contributed by atoms with E-state index in [1.165, 1.54) is 12.1 Å². The summed E-state index contributed by atoms with van der Waals surface area (Å²) in [7, 11) is 0. The lowest BCUT2D eigenvalue weighted by Gasteiger charge is -2.12. The number of hydrogen-bond acceptors (Lipinski definition) is 5. The largest absolute Gasteiger partial charge is 0.349 e. The fourth-order valence-corrected chi connectivity index (χ4v) is 2.10. The number of aromatic amines is 1. The van der Waals surface area contributed by atoms with Crippen LogP contribution in [-0.4, -0.2) is 19.9 Å². The number of rotatable bonds is 4. The minimum atomic E-state index is -0.425. The second kappa shape index (κ2) is 5.20. The zero-order valence-electron chi connectivity index (χ0n) is 11.3. The van der Waals surface area contributed by atoms with Gasteiger partial charge in [0.15, 0.2) is 0 Å². The Bertz CT molecular complexity index is 784. The zero-order valence-corrected chi connectivity index (χ0v) is 11.3. The average Bonchev–Trinajstić information content (AvgIpc) is 2.89. The fraction of sp³-hybridized carbons (Fsp3) is 0.143. The molecule has 3 rings (SSSR count). The van der Waals surface area contributed by atoms with Gasteiger partial charge in [-0.2, -0.15) is 0 Å². The molecular weight excluding hydrogens is 270 g/mol. The minimum absolute atomic E-state index is 0.0225. The van der Waals surface area contributed by atoms with Gasteiger partial charge >= 0.3 is 0 Å². The van der Waals surface area contributed by atoms with Crippen LogP contribution in [0.4, 0.5) is 11.6 Å². The summed E-state index contributed by atoms with van der Waals surface area (Å²) >= 11 is 0. The zero-order chi connectivity index (χ0) is 14.8. The molecule has 0 fully saturated rings. The van der Waals surface area contributed by atoms with Crippen molar-refractivity contribution in [1.82, 2.24) is 15.0 Å². The van der Waals surface area contributed by atoms with Crippen LogP contribution < -0.4 is 5.32 Å². The molecule has 1 aromatic carbocycles. The predicted octanol–water partition coefficient (Wildman–Crippen LogP) is 3.04. The molecule has 2 N–H and O–H groups in total. The third kappa shape index (κ3) is 2.66. The Balaban J connectivity index is 1.86. The van der Waals surface area contributed by atoms with Gasteiger partial charge in [0, 0.05) is 24.5 Å². The van der Waals surface area contributed by atoms with Crippen molar-refractivity contribution in [2.75, 3.05) is 5.32 Å². The summed E-state index contributed by atoms with van der Waals surface area (Å²) in [6, 6.07) is 8.41. The van der Waals surface area contributed by atoms with Crippen molar-refractivity contribution in [2.45, 2.75) is 13.0 Å². The number of nitrogens with one attached hydrogen (secondary N) is 2. The van der Waals surface area contributed by atoms with Crippen molar-refractivity contribution in [2.24, 2.45) is 0 Å². The maximum Gasteiger partial charge on any atom is 0.271 e. The maximum absolute atomic E-state index is 10.8. The van der Waals surface area contributed by atoms with E-state index in [1.807, 2.05) is 19.1 Å². The molecule has 3 aromatic rings. The maximum atomic E-state index is 10.8. The first-order valence-electron chi connectivity index (χ1n) is 6.44. The number of anilines is 1. The van der Waals surface area contributed by atoms with Crippen LogP contribution in [0.2, 0.25) is 0 Å². The highest BCUT2D eigenvalue weighted by Gasteiger charge is 2.11. The first-order chi connectivity index (χ1) is 10.1. The van der Waals surface area contributed by atoms with Gasteiger partial charge in [-0.05, 0) is 24.6 Å². The van der Waals surface area contributed by atoms with E-state index >= 15 is 0 Å². The van der Waals surface area contributed by atoms with Gasteiger partial charge < -0.3 is 10.3 Å². The molecule has 1 atom stereocenters.